The fourth-order valence-electron chi connectivity index (χ4n) is 3.41. The van der Waals surface area contributed by atoms with Crippen molar-refractivity contribution in [3.8, 4) is 0 Å². The maximum absolute atomic E-state index is 13.7. The highest BCUT2D eigenvalue weighted by molar-refractivity contribution is 6.16. The van der Waals surface area contributed by atoms with Gasteiger partial charge in [0.2, 0.25) is 17.5 Å². The van der Waals surface area contributed by atoms with E-state index in [1.807, 2.05) is 29.6 Å². The summed E-state index contributed by atoms with van der Waals surface area (Å²) < 4.78 is 54.0. The number of anilines is 1. The minimum atomic E-state index is -1.86. The average Bonchev–Trinajstić information content (AvgIpc) is 2.94. The number of hydrogen-bond donors (Lipinski definition) is 2. The first-order valence-corrected chi connectivity index (χ1v) is 9.82. The first kappa shape index (κ1) is 22.1. The van der Waals surface area contributed by atoms with Gasteiger partial charge in [-0.05, 0) is 5.56 Å². The number of nitrogens with zero attached hydrogens (tertiary/aromatic N) is 2. The lowest BCUT2D eigenvalue weighted by Gasteiger charge is -2.15. The third kappa shape index (κ3) is 4.59. The molecular weight excluding hydrogens is 440 g/mol. The van der Waals surface area contributed by atoms with E-state index in [-0.39, 0.29) is 6.42 Å². The molecule has 0 spiro atoms. The second-order valence-electron chi connectivity index (χ2n) is 7.16. The fraction of sp³-hybridized carbons (Fsp3) is 0.130. The third-order valence-electron chi connectivity index (χ3n) is 4.97. The summed E-state index contributed by atoms with van der Waals surface area (Å²) in [5.41, 5.74) is 1.50. The number of benzene rings is 2. The van der Waals surface area contributed by atoms with E-state index in [4.69, 9.17) is 0 Å². The van der Waals surface area contributed by atoms with Gasteiger partial charge >= 0.3 is 0 Å². The summed E-state index contributed by atoms with van der Waals surface area (Å²) in [5, 5.41) is 4.40. The standard InChI is InChI=1S/C23H16F4N4O2/c24-17-20(18(25)22(27)31-21(17)26)28-11-16(33)29-23-15(32)10-13-8-4-5-9-14(13)19(30-23)12-6-2-1-3-7-12/h1-9,23H,10-11H2,(H,28,31)(H,29,33)/t23-/m0/s1. The zero-order valence-electron chi connectivity index (χ0n) is 16.9. The van der Waals surface area contributed by atoms with Crippen LogP contribution >= 0.6 is 0 Å². The zero-order valence-corrected chi connectivity index (χ0v) is 16.9. The molecule has 0 unspecified atom stereocenters. The van der Waals surface area contributed by atoms with Crippen molar-refractivity contribution >= 4 is 23.1 Å². The number of Topliss-reactive ketones (excluding diaryl/α,β-unsaturated/α-hetero) is 1. The number of aliphatic imine (C=N–C) groups is 1. The molecule has 0 saturated carbocycles. The van der Waals surface area contributed by atoms with Gasteiger partial charge in [-0.3, -0.25) is 14.6 Å². The van der Waals surface area contributed by atoms with Gasteiger partial charge in [-0.1, -0.05) is 54.6 Å². The highest BCUT2D eigenvalue weighted by Crippen LogP contribution is 2.23. The smallest absolute Gasteiger partial charge is 0.253 e. The van der Waals surface area contributed by atoms with E-state index in [0.717, 1.165) is 16.7 Å². The lowest BCUT2D eigenvalue weighted by molar-refractivity contribution is -0.126. The van der Waals surface area contributed by atoms with Crippen molar-refractivity contribution < 1.29 is 27.2 Å². The van der Waals surface area contributed by atoms with Crippen LogP contribution in [0.4, 0.5) is 23.2 Å². The van der Waals surface area contributed by atoms with E-state index in [1.165, 1.54) is 0 Å². The number of rotatable bonds is 5. The zero-order chi connectivity index (χ0) is 23.5. The SMILES string of the molecule is O=C(CNc1c(F)c(F)nc(F)c1F)N[C@H]1N=C(c2ccccc2)c2ccccc2CC1=O. The number of ketones is 1. The summed E-state index contributed by atoms with van der Waals surface area (Å²) in [7, 11) is 0. The number of halogens is 4. The van der Waals surface area contributed by atoms with Gasteiger partial charge in [0.15, 0.2) is 11.9 Å². The molecule has 4 rings (SSSR count). The van der Waals surface area contributed by atoms with Crippen LogP contribution in [0.15, 0.2) is 59.6 Å². The molecule has 0 fully saturated rings. The Hall–Kier alpha value is -4.08. The van der Waals surface area contributed by atoms with Gasteiger partial charge in [0.25, 0.3) is 11.9 Å². The lowest BCUT2D eigenvalue weighted by Crippen LogP contribution is -2.43. The van der Waals surface area contributed by atoms with E-state index in [0.29, 0.717) is 5.71 Å². The van der Waals surface area contributed by atoms with Gasteiger partial charge in [-0.15, -0.1) is 0 Å². The van der Waals surface area contributed by atoms with Gasteiger partial charge in [0, 0.05) is 17.5 Å². The van der Waals surface area contributed by atoms with Crippen molar-refractivity contribution in [3.63, 3.8) is 0 Å². The Bertz CT molecular complexity index is 1240. The number of pyridine rings is 1. The second kappa shape index (κ2) is 9.19. The van der Waals surface area contributed by atoms with Gasteiger partial charge < -0.3 is 10.6 Å². The first-order chi connectivity index (χ1) is 15.8. The van der Waals surface area contributed by atoms with Crippen LogP contribution in [0.3, 0.4) is 0 Å². The number of hydrogen-bond acceptors (Lipinski definition) is 5. The molecule has 1 aliphatic rings. The highest BCUT2D eigenvalue weighted by atomic mass is 19.2. The Morgan fingerprint density at radius 3 is 2.27 bits per heavy atom. The first-order valence-electron chi connectivity index (χ1n) is 9.82. The largest absolute Gasteiger partial charge is 0.371 e. The van der Waals surface area contributed by atoms with Crippen LogP contribution in [0.25, 0.3) is 0 Å². The van der Waals surface area contributed by atoms with Crippen LogP contribution in [0, 0.1) is 23.5 Å². The van der Waals surface area contributed by atoms with Crippen molar-refractivity contribution in [2.75, 3.05) is 11.9 Å². The number of fused-ring (bicyclic) bond motifs is 1. The van der Waals surface area contributed by atoms with Crippen LogP contribution in [-0.2, 0) is 16.0 Å². The maximum atomic E-state index is 13.7. The van der Waals surface area contributed by atoms with E-state index >= 15 is 0 Å². The molecule has 168 valence electrons. The van der Waals surface area contributed by atoms with Crippen LogP contribution in [-0.4, -0.2) is 35.1 Å². The maximum Gasteiger partial charge on any atom is 0.253 e. The van der Waals surface area contributed by atoms with Gasteiger partial charge in [-0.2, -0.15) is 22.5 Å². The lowest BCUT2D eigenvalue weighted by atomic mass is 9.96. The Balaban J connectivity index is 1.58. The molecule has 3 aromatic rings. The number of amides is 1. The third-order valence-corrected chi connectivity index (χ3v) is 4.97. The normalized spacial score (nSPS) is 15.3. The Morgan fingerprint density at radius 2 is 1.58 bits per heavy atom. The quantitative estimate of drug-likeness (QED) is 0.457. The molecule has 2 heterocycles. The van der Waals surface area contributed by atoms with Crippen molar-refractivity contribution in [1.82, 2.24) is 10.3 Å². The molecule has 0 saturated heterocycles. The summed E-state index contributed by atoms with van der Waals surface area (Å²) >= 11 is 0. The monoisotopic (exact) mass is 456 g/mol. The van der Waals surface area contributed by atoms with Crippen molar-refractivity contribution in [2.45, 2.75) is 12.6 Å². The fourth-order valence-corrected chi connectivity index (χ4v) is 3.41. The minimum Gasteiger partial charge on any atom is -0.371 e. The summed E-state index contributed by atoms with van der Waals surface area (Å²) in [6.45, 7) is -0.774. The molecule has 2 aromatic carbocycles. The number of carbonyl (C=O) groups is 2. The summed E-state index contributed by atoms with van der Waals surface area (Å²) in [5.74, 6) is -8.53. The van der Waals surface area contributed by atoms with E-state index in [1.54, 1.807) is 30.3 Å². The summed E-state index contributed by atoms with van der Waals surface area (Å²) in [6, 6.07) is 16.3. The molecule has 2 N–H and O–H groups in total. The number of nitrogens with one attached hydrogen (secondary N) is 2. The Labute approximate surface area is 185 Å². The molecule has 0 radical (unpaired) electrons. The molecule has 1 aromatic heterocycles. The van der Waals surface area contributed by atoms with Crippen molar-refractivity contribution in [3.05, 3.63) is 94.8 Å². The predicted molar refractivity (Wildman–Crippen MR) is 112 cm³/mol. The minimum absolute atomic E-state index is 0.00157. The van der Waals surface area contributed by atoms with Gasteiger partial charge in [0.05, 0.1) is 12.3 Å². The van der Waals surface area contributed by atoms with E-state index in [9.17, 15) is 27.2 Å². The molecule has 1 atom stereocenters. The molecular formula is C23H16F4N4O2. The van der Waals surface area contributed by atoms with Crippen LogP contribution in [0.5, 0.6) is 0 Å². The Morgan fingerprint density at radius 1 is 0.939 bits per heavy atom. The summed E-state index contributed by atoms with van der Waals surface area (Å²) in [6.07, 6.45) is -1.28. The second-order valence-corrected chi connectivity index (χ2v) is 7.16. The molecule has 0 aliphatic carbocycles. The van der Waals surface area contributed by atoms with Crippen molar-refractivity contribution in [1.29, 1.82) is 0 Å². The molecule has 33 heavy (non-hydrogen) atoms. The highest BCUT2D eigenvalue weighted by Gasteiger charge is 2.27. The van der Waals surface area contributed by atoms with E-state index in [2.05, 4.69) is 15.3 Å². The molecule has 10 heteroatoms. The number of aromatic nitrogens is 1. The Kier molecular flexibility index (Phi) is 6.16. The van der Waals surface area contributed by atoms with Crippen LogP contribution < -0.4 is 10.6 Å². The summed E-state index contributed by atoms with van der Waals surface area (Å²) in [4.78, 5) is 32.1. The topological polar surface area (TPSA) is 83.4 Å². The molecule has 0 bridgehead atoms. The van der Waals surface area contributed by atoms with Crippen LogP contribution in [0.1, 0.15) is 16.7 Å². The van der Waals surface area contributed by atoms with Gasteiger partial charge in [-0.25, -0.2) is 0 Å². The predicted octanol–water partition coefficient (Wildman–Crippen LogP) is 3.16. The molecule has 6 nitrogen and oxygen atoms in total. The molecule has 1 amide bonds. The molecule has 1 aliphatic heterocycles. The van der Waals surface area contributed by atoms with E-state index < -0.39 is 53.6 Å². The number of carbonyl (C=O) groups excluding carboxylic acids is 2. The average molecular weight is 456 g/mol. The van der Waals surface area contributed by atoms with Crippen LogP contribution in [0.2, 0.25) is 0 Å². The van der Waals surface area contributed by atoms with Gasteiger partial charge in [0.1, 0.15) is 5.69 Å². The van der Waals surface area contributed by atoms with Crippen molar-refractivity contribution in [2.24, 2.45) is 4.99 Å².